The van der Waals surface area contributed by atoms with Gasteiger partial charge in [-0.15, -0.1) is 0 Å². The second kappa shape index (κ2) is 6.57. The van der Waals surface area contributed by atoms with E-state index < -0.39 is 0 Å². The maximum Gasteiger partial charge on any atom is 0.0521 e. The van der Waals surface area contributed by atoms with E-state index in [1.165, 1.54) is 23.2 Å². The second-order valence-corrected chi connectivity index (χ2v) is 3.92. The molecular formula is C13H21NO. The number of ether oxygens (including phenoxy) is 1. The van der Waals surface area contributed by atoms with Crippen LogP contribution in [0.25, 0.3) is 0 Å². The first-order valence-corrected chi connectivity index (χ1v) is 5.74. The van der Waals surface area contributed by atoms with Crippen LogP contribution in [0.3, 0.4) is 0 Å². The van der Waals surface area contributed by atoms with Gasteiger partial charge in [-0.1, -0.05) is 13.3 Å². The number of hydrogen-bond donors (Lipinski definition) is 0. The number of rotatable bonds is 6. The zero-order valence-electron chi connectivity index (χ0n) is 10.0. The summed E-state index contributed by atoms with van der Waals surface area (Å²) in [6.07, 6.45) is 5.16. The third-order valence-electron chi connectivity index (χ3n) is 2.70. The van der Waals surface area contributed by atoms with Gasteiger partial charge in [0.15, 0.2) is 0 Å². The van der Waals surface area contributed by atoms with Gasteiger partial charge < -0.3 is 4.74 Å². The molecule has 1 aromatic rings. The summed E-state index contributed by atoms with van der Waals surface area (Å²) in [4.78, 5) is 4.38. The number of aromatic nitrogens is 1. The Hall–Kier alpha value is -0.890. The highest BCUT2D eigenvalue weighted by Crippen LogP contribution is 2.10. The van der Waals surface area contributed by atoms with Crippen LogP contribution >= 0.6 is 0 Å². The molecule has 1 rings (SSSR count). The van der Waals surface area contributed by atoms with Crippen LogP contribution in [-0.2, 0) is 11.2 Å². The molecule has 0 bridgehead atoms. The fourth-order valence-corrected chi connectivity index (χ4v) is 1.46. The molecule has 0 saturated heterocycles. The lowest BCUT2D eigenvalue weighted by atomic mass is 10.1. The van der Waals surface area contributed by atoms with E-state index in [2.05, 4.69) is 31.8 Å². The lowest BCUT2D eigenvalue weighted by molar-refractivity contribution is 0.133. The molecule has 0 aliphatic heterocycles. The number of unbranched alkanes of at least 4 members (excludes halogenated alkanes) is 1. The van der Waals surface area contributed by atoms with Crippen LogP contribution in [0.5, 0.6) is 0 Å². The van der Waals surface area contributed by atoms with Gasteiger partial charge in [0.1, 0.15) is 0 Å². The summed E-state index contributed by atoms with van der Waals surface area (Å²) in [5.41, 5.74) is 3.79. The van der Waals surface area contributed by atoms with Gasteiger partial charge in [0.05, 0.1) is 6.61 Å². The molecule has 15 heavy (non-hydrogen) atoms. The summed E-state index contributed by atoms with van der Waals surface area (Å²) >= 11 is 0. The van der Waals surface area contributed by atoms with Crippen LogP contribution < -0.4 is 0 Å². The molecule has 0 spiro atoms. The monoisotopic (exact) mass is 207 g/mol. The molecule has 1 heterocycles. The van der Waals surface area contributed by atoms with Gasteiger partial charge >= 0.3 is 0 Å². The van der Waals surface area contributed by atoms with Crippen LogP contribution in [0.1, 0.15) is 36.6 Å². The lowest BCUT2D eigenvalue weighted by Crippen LogP contribution is -2.04. The Morgan fingerprint density at radius 1 is 1.27 bits per heavy atom. The van der Waals surface area contributed by atoms with Gasteiger partial charge in [0, 0.05) is 24.9 Å². The zero-order valence-corrected chi connectivity index (χ0v) is 10.0. The van der Waals surface area contributed by atoms with E-state index in [0.29, 0.717) is 0 Å². The summed E-state index contributed by atoms with van der Waals surface area (Å²) in [5.74, 6) is 0. The minimum Gasteiger partial charge on any atom is -0.381 e. The van der Waals surface area contributed by atoms with Gasteiger partial charge in [0.25, 0.3) is 0 Å². The topological polar surface area (TPSA) is 22.1 Å². The number of pyridine rings is 1. The number of aryl methyl sites for hydroxylation is 1. The van der Waals surface area contributed by atoms with E-state index in [9.17, 15) is 0 Å². The molecule has 0 saturated carbocycles. The molecular weight excluding hydrogens is 186 g/mol. The van der Waals surface area contributed by atoms with Crippen molar-refractivity contribution in [1.29, 1.82) is 0 Å². The van der Waals surface area contributed by atoms with E-state index >= 15 is 0 Å². The van der Waals surface area contributed by atoms with Crippen molar-refractivity contribution in [2.24, 2.45) is 0 Å². The summed E-state index contributed by atoms with van der Waals surface area (Å²) in [7, 11) is 0. The van der Waals surface area contributed by atoms with E-state index in [1.54, 1.807) is 0 Å². The van der Waals surface area contributed by atoms with Gasteiger partial charge in [-0.3, -0.25) is 4.98 Å². The third kappa shape index (κ3) is 4.00. The first-order chi connectivity index (χ1) is 7.25. The molecule has 0 aliphatic rings. The fraction of sp³-hybridized carbons (Fsp3) is 0.615. The van der Waals surface area contributed by atoms with Crippen molar-refractivity contribution in [3.05, 3.63) is 29.1 Å². The van der Waals surface area contributed by atoms with Crippen molar-refractivity contribution in [2.75, 3.05) is 13.2 Å². The van der Waals surface area contributed by atoms with Gasteiger partial charge in [-0.25, -0.2) is 0 Å². The van der Waals surface area contributed by atoms with E-state index in [0.717, 1.165) is 26.1 Å². The molecule has 0 radical (unpaired) electrons. The Bertz CT molecular complexity index is 297. The second-order valence-electron chi connectivity index (χ2n) is 3.92. The summed E-state index contributed by atoms with van der Waals surface area (Å²) in [5, 5.41) is 0. The SMILES string of the molecule is CCCCOCCc1nccc(C)c1C. The minimum atomic E-state index is 0.789. The molecule has 2 heteroatoms. The first-order valence-electron chi connectivity index (χ1n) is 5.74. The molecule has 0 N–H and O–H groups in total. The van der Waals surface area contributed by atoms with Crippen molar-refractivity contribution in [1.82, 2.24) is 4.98 Å². The normalized spacial score (nSPS) is 10.6. The van der Waals surface area contributed by atoms with Crippen LogP contribution in [0.2, 0.25) is 0 Å². The molecule has 0 aromatic carbocycles. The van der Waals surface area contributed by atoms with E-state index in [4.69, 9.17) is 4.74 Å². The van der Waals surface area contributed by atoms with Crippen LogP contribution in [0, 0.1) is 13.8 Å². The van der Waals surface area contributed by atoms with E-state index in [-0.39, 0.29) is 0 Å². The minimum absolute atomic E-state index is 0.789. The third-order valence-corrected chi connectivity index (χ3v) is 2.70. The average Bonchev–Trinajstić information content (AvgIpc) is 2.24. The Balaban J connectivity index is 2.34. The predicted molar refractivity (Wildman–Crippen MR) is 63.1 cm³/mol. The van der Waals surface area contributed by atoms with Gasteiger partial charge in [0.2, 0.25) is 0 Å². The Morgan fingerprint density at radius 3 is 2.80 bits per heavy atom. The average molecular weight is 207 g/mol. The fourth-order valence-electron chi connectivity index (χ4n) is 1.46. The molecule has 0 amide bonds. The summed E-state index contributed by atoms with van der Waals surface area (Å²) in [6.45, 7) is 8.09. The first kappa shape index (κ1) is 12.2. The summed E-state index contributed by atoms with van der Waals surface area (Å²) in [6, 6.07) is 2.05. The highest BCUT2D eigenvalue weighted by atomic mass is 16.5. The van der Waals surface area contributed by atoms with Crippen LogP contribution in [-0.4, -0.2) is 18.2 Å². The number of hydrogen-bond acceptors (Lipinski definition) is 2. The van der Waals surface area contributed by atoms with Crippen LogP contribution in [0.15, 0.2) is 12.3 Å². The van der Waals surface area contributed by atoms with Gasteiger partial charge in [-0.2, -0.15) is 0 Å². The maximum absolute atomic E-state index is 5.53. The molecule has 0 atom stereocenters. The molecule has 0 fully saturated rings. The zero-order chi connectivity index (χ0) is 11.1. The number of nitrogens with zero attached hydrogens (tertiary/aromatic N) is 1. The molecule has 0 aliphatic carbocycles. The van der Waals surface area contributed by atoms with Crippen LogP contribution in [0.4, 0.5) is 0 Å². The Labute approximate surface area is 92.7 Å². The van der Waals surface area contributed by atoms with E-state index in [1.807, 2.05) is 6.20 Å². The molecule has 84 valence electrons. The van der Waals surface area contributed by atoms with Crippen molar-refractivity contribution in [2.45, 2.75) is 40.0 Å². The summed E-state index contributed by atoms with van der Waals surface area (Å²) < 4.78 is 5.53. The maximum atomic E-state index is 5.53. The van der Waals surface area contributed by atoms with Crippen molar-refractivity contribution in [3.63, 3.8) is 0 Å². The Kier molecular flexibility index (Phi) is 5.33. The lowest BCUT2D eigenvalue weighted by Gasteiger charge is -2.07. The highest BCUT2D eigenvalue weighted by Gasteiger charge is 2.01. The standard InChI is InChI=1S/C13H21NO/c1-4-5-9-15-10-7-13-12(3)11(2)6-8-14-13/h6,8H,4-5,7,9-10H2,1-3H3. The highest BCUT2D eigenvalue weighted by molar-refractivity contribution is 5.27. The van der Waals surface area contributed by atoms with Crippen molar-refractivity contribution < 1.29 is 4.74 Å². The quantitative estimate of drug-likeness (QED) is 0.669. The molecule has 1 aromatic heterocycles. The van der Waals surface area contributed by atoms with Crippen molar-refractivity contribution >= 4 is 0 Å². The molecule has 2 nitrogen and oxygen atoms in total. The van der Waals surface area contributed by atoms with Crippen molar-refractivity contribution in [3.8, 4) is 0 Å². The smallest absolute Gasteiger partial charge is 0.0521 e. The predicted octanol–water partition coefficient (Wildman–Crippen LogP) is 3.06. The van der Waals surface area contributed by atoms with Gasteiger partial charge in [-0.05, 0) is 37.5 Å². The molecule has 0 unspecified atom stereocenters. The largest absolute Gasteiger partial charge is 0.381 e. The Morgan fingerprint density at radius 2 is 2.07 bits per heavy atom.